The molecule has 2 heteroatoms. The van der Waals surface area contributed by atoms with Gasteiger partial charge in [-0.3, -0.25) is 0 Å². The maximum Gasteiger partial charge on any atom is 0.142 e. The molecule has 0 aliphatic rings. The van der Waals surface area contributed by atoms with E-state index in [1.165, 1.54) is 5.56 Å². The molecule has 0 bridgehead atoms. The highest BCUT2D eigenvalue weighted by molar-refractivity contribution is 5.63. The molecule has 0 unspecified atom stereocenters. The summed E-state index contributed by atoms with van der Waals surface area (Å²) < 4.78 is 0. The van der Waals surface area contributed by atoms with E-state index < -0.39 is 0 Å². The molecule has 0 aromatic heterocycles. The SMILES string of the molecule is Cc1cc(N(C)C)c(O)c(C(C)(C)C)c1. The first-order valence-electron chi connectivity index (χ1n) is 5.25. The first-order valence-corrected chi connectivity index (χ1v) is 5.25. The zero-order valence-electron chi connectivity index (χ0n) is 10.5. The van der Waals surface area contributed by atoms with Gasteiger partial charge in [0.25, 0.3) is 0 Å². The topological polar surface area (TPSA) is 23.5 Å². The number of nitrogens with zero attached hydrogens (tertiary/aromatic N) is 1. The summed E-state index contributed by atoms with van der Waals surface area (Å²) >= 11 is 0. The molecule has 1 rings (SSSR count). The van der Waals surface area contributed by atoms with E-state index in [2.05, 4.69) is 33.8 Å². The minimum Gasteiger partial charge on any atom is -0.505 e. The van der Waals surface area contributed by atoms with E-state index in [0.717, 1.165) is 11.3 Å². The maximum absolute atomic E-state index is 10.2. The number of hydrogen-bond acceptors (Lipinski definition) is 2. The van der Waals surface area contributed by atoms with Crippen molar-refractivity contribution in [2.45, 2.75) is 33.1 Å². The molecular formula is C13H21NO. The van der Waals surface area contributed by atoms with Crippen molar-refractivity contribution in [2.24, 2.45) is 0 Å². The Morgan fingerprint density at radius 2 is 1.67 bits per heavy atom. The average molecular weight is 207 g/mol. The van der Waals surface area contributed by atoms with Gasteiger partial charge >= 0.3 is 0 Å². The first kappa shape index (κ1) is 11.9. The van der Waals surface area contributed by atoms with Crippen molar-refractivity contribution in [3.05, 3.63) is 23.3 Å². The van der Waals surface area contributed by atoms with Crippen molar-refractivity contribution in [3.8, 4) is 5.75 Å². The van der Waals surface area contributed by atoms with Crippen LogP contribution in [0.25, 0.3) is 0 Å². The standard InChI is InChI=1S/C13H21NO/c1-9-7-10(13(2,3)4)12(15)11(8-9)14(5)6/h7-8,15H,1-6H3. The fourth-order valence-electron chi connectivity index (χ4n) is 1.67. The van der Waals surface area contributed by atoms with Crippen LogP contribution in [-0.2, 0) is 5.41 Å². The minimum atomic E-state index is -0.0269. The lowest BCUT2D eigenvalue weighted by molar-refractivity contribution is 0.447. The van der Waals surface area contributed by atoms with Gasteiger partial charge < -0.3 is 10.0 Å². The predicted molar refractivity (Wildman–Crippen MR) is 65.9 cm³/mol. The van der Waals surface area contributed by atoms with Crippen LogP contribution >= 0.6 is 0 Å². The Bertz CT molecular complexity index is 362. The van der Waals surface area contributed by atoms with Crippen LogP contribution in [0.1, 0.15) is 31.9 Å². The molecule has 0 saturated heterocycles. The summed E-state index contributed by atoms with van der Waals surface area (Å²) in [6.07, 6.45) is 0. The fourth-order valence-corrected chi connectivity index (χ4v) is 1.67. The summed E-state index contributed by atoms with van der Waals surface area (Å²) in [5.41, 5.74) is 3.05. The van der Waals surface area contributed by atoms with Gasteiger partial charge in [-0.25, -0.2) is 0 Å². The minimum absolute atomic E-state index is 0.0269. The Kier molecular flexibility index (Phi) is 2.98. The third kappa shape index (κ3) is 2.44. The molecule has 0 fully saturated rings. The number of phenolic OH excluding ortho intramolecular Hbond substituents is 1. The summed E-state index contributed by atoms with van der Waals surface area (Å²) in [6, 6.07) is 4.06. The second-order valence-electron chi connectivity index (χ2n) is 5.32. The lowest BCUT2D eigenvalue weighted by atomic mass is 9.85. The summed E-state index contributed by atoms with van der Waals surface area (Å²) in [6.45, 7) is 8.39. The highest BCUT2D eigenvalue weighted by atomic mass is 16.3. The Morgan fingerprint density at radius 1 is 1.13 bits per heavy atom. The molecule has 84 valence electrons. The van der Waals surface area contributed by atoms with Crippen LogP contribution < -0.4 is 4.90 Å². The second-order valence-corrected chi connectivity index (χ2v) is 5.32. The van der Waals surface area contributed by atoms with Gasteiger partial charge in [-0.2, -0.15) is 0 Å². The van der Waals surface area contributed by atoms with Crippen molar-refractivity contribution in [3.63, 3.8) is 0 Å². The number of hydrogen-bond donors (Lipinski definition) is 1. The lowest BCUT2D eigenvalue weighted by Crippen LogP contribution is -2.15. The third-order valence-electron chi connectivity index (χ3n) is 2.52. The zero-order chi connectivity index (χ0) is 11.8. The summed E-state index contributed by atoms with van der Waals surface area (Å²) in [4.78, 5) is 1.94. The lowest BCUT2D eigenvalue weighted by Gasteiger charge is -2.25. The van der Waals surface area contributed by atoms with Gasteiger partial charge in [0, 0.05) is 19.7 Å². The fraction of sp³-hybridized carbons (Fsp3) is 0.538. The Morgan fingerprint density at radius 3 is 2.07 bits per heavy atom. The van der Waals surface area contributed by atoms with Crippen molar-refractivity contribution >= 4 is 5.69 Å². The third-order valence-corrected chi connectivity index (χ3v) is 2.52. The van der Waals surface area contributed by atoms with Crippen LogP contribution in [0.15, 0.2) is 12.1 Å². The molecular weight excluding hydrogens is 186 g/mol. The normalized spacial score (nSPS) is 11.6. The van der Waals surface area contributed by atoms with E-state index in [-0.39, 0.29) is 5.41 Å². The molecule has 0 radical (unpaired) electrons. The van der Waals surface area contributed by atoms with Crippen molar-refractivity contribution < 1.29 is 5.11 Å². The Balaban J connectivity index is 3.42. The Labute approximate surface area is 92.5 Å². The molecule has 0 atom stereocenters. The number of anilines is 1. The van der Waals surface area contributed by atoms with Gasteiger partial charge in [0.1, 0.15) is 5.75 Å². The Hall–Kier alpha value is -1.18. The smallest absolute Gasteiger partial charge is 0.142 e. The second kappa shape index (κ2) is 3.76. The highest BCUT2D eigenvalue weighted by Gasteiger charge is 2.21. The summed E-state index contributed by atoms with van der Waals surface area (Å²) in [5.74, 6) is 0.401. The highest BCUT2D eigenvalue weighted by Crippen LogP contribution is 2.38. The van der Waals surface area contributed by atoms with Gasteiger partial charge in [0.15, 0.2) is 0 Å². The van der Waals surface area contributed by atoms with Crippen LogP contribution in [0, 0.1) is 6.92 Å². The maximum atomic E-state index is 10.2. The molecule has 1 N–H and O–H groups in total. The average Bonchev–Trinajstić information content (AvgIpc) is 2.06. The monoisotopic (exact) mass is 207 g/mol. The van der Waals surface area contributed by atoms with Crippen LogP contribution in [0.2, 0.25) is 0 Å². The number of phenols is 1. The molecule has 0 saturated carbocycles. The van der Waals surface area contributed by atoms with Gasteiger partial charge in [0.2, 0.25) is 0 Å². The zero-order valence-corrected chi connectivity index (χ0v) is 10.5. The van der Waals surface area contributed by atoms with Crippen LogP contribution in [0.5, 0.6) is 5.75 Å². The van der Waals surface area contributed by atoms with Crippen LogP contribution in [0.3, 0.4) is 0 Å². The number of aromatic hydroxyl groups is 1. The molecule has 1 aromatic rings. The molecule has 0 amide bonds. The number of aryl methyl sites for hydroxylation is 1. The van der Waals surface area contributed by atoms with Crippen LogP contribution in [0.4, 0.5) is 5.69 Å². The van der Waals surface area contributed by atoms with Gasteiger partial charge in [-0.1, -0.05) is 26.8 Å². The molecule has 2 nitrogen and oxygen atoms in total. The molecule has 0 spiro atoms. The predicted octanol–water partition coefficient (Wildman–Crippen LogP) is 3.06. The van der Waals surface area contributed by atoms with Gasteiger partial charge in [-0.15, -0.1) is 0 Å². The molecule has 0 aliphatic heterocycles. The summed E-state index contributed by atoms with van der Waals surface area (Å²) in [7, 11) is 3.89. The largest absolute Gasteiger partial charge is 0.505 e. The molecule has 15 heavy (non-hydrogen) atoms. The molecule has 0 aliphatic carbocycles. The van der Waals surface area contributed by atoms with Crippen molar-refractivity contribution in [1.82, 2.24) is 0 Å². The first-order chi connectivity index (χ1) is 6.73. The number of benzene rings is 1. The quantitative estimate of drug-likeness (QED) is 0.765. The van der Waals surface area contributed by atoms with Crippen molar-refractivity contribution in [1.29, 1.82) is 0 Å². The van der Waals surface area contributed by atoms with E-state index in [9.17, 15) is 5.11 Å². The van der Waals surface area contributed by atoms with E-state index >= 15 is 0 Å². The van der Waals surface area contributed by atoms with E-state index in [1.54, 1.807) is 0 Å². The van der Waals surface area contributed by atoms with E-state index in [4.69, 9.17) is 0 Å². The van der Waals surface area contributed by atoms with E-state index in [0.29, 0.717) is 5.75 Å². The van der Waals surface area contributed by atoms with Crippen LogP contribution in [-0.4, -0.2) is 19.2 Å². The number of rotatable bonds is 1. The molecule has 1 aromatic carbocycles. The van der Waals surface area contributed by atoms with Gasteiger partial charge in [-0.05, 0) is 24.0 Å². The van der Waals surface area contributed by atoms with Gasteiger partial charge in [0.05, 0.1) is 5.69 Å². The van der Waals surface area contributed by atoms with Crippen molar-refractivity contribution in [2.75, 3.05) is 19.0 Å². The summed E-state index contributed by atoms with van der Waals surface area (Å²) in [5, 5.41) is 10.2. The van der Waals surface area contributed by atoms with E-state index in [1.807, 2.05) is 25.1 Å². The molecule has 0 heterocycles.